The van der Waals surface area contributed by atoms with E-state index < -0.39 is 5.79 Å². The highest BCUT2D eigenvalue weighted by molar-refractivity contribution is 5.03. The van der Waals surface area contributed by atoms with Gasteiger partial charge in [0.15, 0.2) is 0 Å². The van der Waals surface area contributed by atoms with Crippen molar-refractivity contribution in [1.29, 1.82) is 0 Å². The number of allylic oxidation sites excluding steroid dienone is 1. The van der Waals surface area contributed by atoms with Crippen LogP contribution in [0.2, 0.25) is 0 Å². The van der Waals surface area contributed by atoms with E-state index >= 15 is 0 Å². The summed E-state index contributed by atoms with van der Waals surface area (Å²) in [7, 11) is 0. The SMILES string of the molecule is C#CC1(CCCCC(=C)C)OCCCO1. The molecule has 1 rings (SSSR count). The number of rotatable bonds is 5. The van der Waals surface area contributed by atoms with Crippen molar-refractivity contribution in [2.24, 2.45) is 0 Å². The molecule has 0 N–H and O–H groups in total. The maximum absolute atomic E-state index is 5.54. The van der Waals surface area contributed by atoms with Crippen LogP contribution in [0.3, 0.4) is 0 Å². The standard InChI is InChI=1S/C13H20O2/c1-4-13(14-10-7-11-15-13)9-6-5-8-12(2)3/h1H,2,5-11H2,3H3. The van der Waals surface area contributed by atoms with E-state index in [1.54, 1.807) is 0 Å². The van der Waals surface area contributed by atoms with Gasteiger partial charge in [-0.3, -0.25) is 0 Å². The zero-order valence-corrected chi connectivity index (χ0v) is 9.55. The molecule has 1 heterocycles. The molecule has 0 bridgehead atoms. The molecule has 84 valence electrons. The summed E-state index contributed by atoms with van der Waals surface area (Å²) in [4.78, 5) is 0. The first-order valence-corrected chi connectivity index (χ1v) is 5.58. The van der Waals surface area contributed by atoms with Crippen LogP contribution >= 0.6 is 0 Å². The minimum atomic E-state index is -0.743. The van der Waals surface area contributed by atoms with Crippen LogP contribution in [0.15, 0.2) is 12.2 Å². The van der Waals surface area contributed by atoms with E-state index in [0.29, 0.717) is 13.2 Å². The van der Waals surface area contributed by atoms with Crippen LogP contribution in [0.5, 0.6) is 0 Å². The minimum absolute atomic E-state index is 0.713. The van der Waals surface area contributed by atoms with Crippen molar-refractivity contribution in [3.63, 3.8) is 0 Å². The quantitative estimate of drug-likeness (QED) is 0.393. The smallest absolute Gasteiger partial charge is 0.233 e. The summed E-state index contributed by atoms with van der Waals surface area (Å²) in [6.07, 6.45) is 10.4. The van der Waals surface area contributed by atoms with Gasteiger partial charge in [-0.2, -0.15) is 0 Å². The molecule has 0 atom stereocenters. The molecule has 0 radical (unpaired) electrons. The van der Waals surface area contributed by atoms with Gasteiger partial charge in [-0.05, 0) is 38.5 Å². The second-order valence-electron chi connectivity index (χ2n) is 4.11. The number of ether oxygens (including phenoxy) is 2. The van der Waals surface area contributed by atoms with Crippen molar-refractivity contribution < 1.29 is 9.47 Å². The predicted octanol–water partition coefficient (Wildman–Crippen LogP) is 2.89. The van der Waals surface area contributed by atoms with E-state index in [9.17, 15) is 0 Å². The Bertz CT molecular complexity index is 244. The van der Waals surface area contributed by atoms with E-state index in [2.05, 4.69) is 12.5 Å². The molecule has 15 heavy (non-hydrogen) atoms. The van der Waals surface area contributed by atoms with Gasteiger partial charge in [0.1, 0.15) is 0 Å². The molecule has 0 unspecified atom stereocenters. The van der Waals surface area contributed by atoms with Crippen LogP contribution in [0.1, 0.15) is 39.0 Å². The molecule has 0 amide bonds. The summed E-state index contributed by atoms with van der Waals surface area (Å²) in [6.45, 7) is 7.35. The lowest BCUT2D eigenvalue weighted by Crippen LogP contribution is -2.39. The fourth-order valence-electron chi connectivity index (χ4n) is 1.66. The Morgan fingerprint density at radius 1 is 1.40 bits per heavy atom. The third-order valence-corrected chi connectivity index (χ3v) is 2.54. The molecule has 2 heteroatoms. The van der Waals surface area contributed by atoms with Crippen LogP contribution in [0, 0.1) is 12.3 Å². The van der Waals surface area contributed by atoms with E-state index in [4.69, 9.17) is 15.9 Å². The number of terminal acetylenes is 1. The Balaban J connectivity index is 2.27. The summed E-state index contributed by atoms with van der Waals surface area (Å²) in [6, 6.07) is 0. The van der Waals surface area contributed by atoms with Gasteiger partial charge in [-0.1, -0.05) is 5.57 Å². The fourth-order valence-corrected chi connectivity index (χ4v) is 1.66. The van der Waals surface area contributed by atoms with E-state index in [1.165, 1.54) is 5.57 Å². The minimum Gasteiger partial charge on any atom is -0.340 e. The number of unbranched alkanes of at least 4 members (excludes halogenated alkanes) is 1. The molecule has 1 aliphatic rings. The Morgan fingerprint density at radius 3 is 2.60 bits per heavy atom. The van der Waals surface area contributed by atoms with E-state index in [0.717, 1.165) is 32.1 Å². The summed E-state index contributed by atoms with van der Waals surface area (Å²) >= 11 is 0. The molecule has 0 saturated carbocycles. The van der Waals surface area contributed by atoms with Gasteiger partial charge in [0, 0.05) is 6.42 Å². The molecule has 1 fully saturated rings. The molecule has 0 aromatic heterocycles. The van der Waals surface area contributed by atoms with Crippen molar-refractivity contribution in [1.82, 2.24) is 0 Å². The maximum atomic E-state index is 5.54. The van der Waals surface area contributed by atoms with Gasteiger partial charge in [0.2, 0.25) is 5.79 Å². The highest BCUT2D eigenvalue weighted by atomic mass is 16.7. The lowest BCUT2D eigenvalue weighted by molar-refractivity contribution is -0.233. The van der Waals surface area contributed by atoms with Crippen LogP contribution in [-0.2, 0) is 9.47 Å². The largest absolute Gasteiger partial charge is 0.340 e. The molecule has 2 nitrogen and oxygen atoms in total. The molecule has 0 aliphatic carbocycles. The van der Waals surface area contributed by atoms with Crippen LogP contribution < -0.4 is 0 Å². The summed E-state index contributed by atoms with van der Waals surface area (Å²) in [5, 5.41) is 0. The monoisotopic (exact) mass is 208 g/mol. The Labute approximate surface area is 92.6 Å². The van der Waals surface area contributed by atoms with Gasteiger partial charge in [0.25, 0.3) is 0 Å². The zero-order valence-electron chi connectivity index (χ0n) is 9.55. The van der Waals surface area contributed by atoms with Gasteiger partial charge in [-0.15, -0.1) is 13.0 Å². The van der Waals surface area contributed by atoms with Crippen LogP contribution in [0.25, 0.3) is 0 Å². The van der Waals surface area contributed by atoms with Gasteiger partial charge in [-0.25, -0.2) is 0 Å². The van der Waals surface area contributed by atoms with E-state index in [-0.39, 0.29) is 0 Å². The van der Waals surface area contributed by atoms with Gasteiger partial charge >= 0.3 is 0 Å². The summed E-state index contributed by atoms with van der Waals surface area (Å²) < 4.78 is 11.1. The topological polar surface area (TPSA) is 18.5 Å². The van der Waals surface area contributed by atoms with Crippen molar-refractivity contribution in [2.45, 2.75) is 44.8 Å². The third-order valence-electron chi connectivity index (χ3n) is 2.54. The van der Waals surface area contributed by atoms with E-state index in [1.807, 2.05) is 6.92 Å². The number of hydrogen-bond donors (Lipinski definition) is 0. The van der Waals surface area contributed by atoms with Gasteiger partial charge < -0.3 is 9.47 Å². The van der Waals surface area contributed by atoms with Gasteiger partial charge in [0.05, 0.1) is 13.2 Å². The zero-order chi connectivity index (χ0) is 11.1. The number of hydrogen-bond acceptors (Lipinski definition) is 2. The summed E-state index contributed by atoms with van der Waals surface area (Å²) in [5.41, 5.74) is 1.22. The average Bonchev–Trinajstić information content (AvgIpc) is 2.26. The van der Waals surface area contributed by atoms with Crippen molar-refractivity contribution in [2.75, 3.05) is 13.2 Å². The first kappa shape index (κ1) is 12.3. The van der Waals surface area contributed by atoms with Crippen LogP contribution in [0.4, 0.5) is 0 Å². The first-order chi connectivity index (χ1) is 7.18. The average molecular weight is 208 g/mol. The van der Waals surface area contributed by atoms with Crippen molar-refractivity contribution >= 4 is 0 Å². The lowest BCUT2D eigenvalue weighted by atomic mass is 10.0. The predicted molar refractivity (Wildman–Crippen MR) is 61.4 cm³/mol. The Hall–Kier alpha value is -0.780. The highest BCUT2D eigenvalue weighted by Gasteiger charge is 2.31. The second-order valence-corrected chi connectivity index (χ2v) is 4.11. The van der Waals surface area contributed by atoms with Crippen molar-refractivity contribution in [3.05, 3.63) is 12.2 Å². The highest BCUT2D eigenvalue weighted by Crippen LogP contribution is 2.25. The van der Waals surface area contributed by atoms with Crippen LogP contribution in [-0.4, -0.2) is 19.0 Å². The summed E-state index contributed by atoms with van der Waals surface area (Å²) in [5.74, 6) is 1.90. The first-order valence-electron chi connectivity index (χ1n) is 5.58. The molecular formula is C13H20O2. The molecule has 0 spiro atoms. The Morgan fingerprint density at radius 2 is 2.07 bits per heavy atom. The third kappa shape index (κ3) is 4.07. The molecular weight excluding hydrogens is 188 g/mol. The second kappa shape index (κ2) is 5.95. The maximum Gasteiger partial charge on any atom is 0.233 e. The molecule has 0 aromatic carbocycles. The molecule has 0 aromatic rings. The Kier molecular flexibility index (Phi) is 4.87. The molecule has 1 aliphatic heterocycles. The molecule has 1 saturated heterocycles. The van der Waals surface area contributed by atoms with Crippen molar-refractivity contribution in [3.8, 4) is 12.3 Å². The normalized spacial score (nSPS) is 19.5. The lowest BCUT2D eigenvalue weighted by Gasteiger charge is -2.32. The fraction of sp³-hybridized carbons (Fsp3) is 0.692.